The highest BCUT2D eigenvalue weighted by atomic mass is 16.5. The summed E-state index contributed by atoms with van der Waals surface area (Å²) < 4.78 is 10.7. The summed E-state index contributed by atoms with van der Waals surface area (Å²) in [5.74, 6) is -1.38. The van der Waals surface area contributed by atoms with Crippen LogP contribution in [-0.4, -0.2) is 35.7 Å². The number of amides is 2. The first-order valence-corrected chi connectivity index (χ1v) is 11.5. The highest BCUT2D eigenvalue weighted by Crippen LogP contribution is 2.44. The molecule has 0 saturated heterocycles. The number of benzene rings is 2. The zero-order chi connectivity index (χ0) is 24.9. The van der Waals surface area contributed by atoms with Crippen LogP contribution in [0.1, 0.15) is 53.6 Å². The van der Waals surface area contributed by atoms with Crippen molar-refractivity contribution in [2.75, 3.05) is 6.61 Å². The first kappa shape index (κ1) is 24.1. The predicted octanol–water partition coefficient (Wildman–Crippen LogP) is 4.55. The number of hydrogen-bond donors (Lipinski definition) is 3. The van der Waals surface area contributed by atoms with Crippen molar-refractivity contribution in [2.24, 2.45) is 5.92 Å². The van der Waals surface area contributed by atoms with Gasteiger partial charge in [-0.2, -0.15) is 0 Å². The number of furan rings is 1. The van der Waals surface area contributed by atoms with Gasteiger partial charge in [-0.1, -0.05) is 62.4 Å². The third-order valence-corrected chi connectivity index (χ3v) is 6.19. The number of carboxylic acid groups (broad SMARTS) is 1. The molecule has 35 heavy (non-hydrogen) atoms. The summed E-state index contributed by atoms with van der Waals surface area (Å²) in [5, 5.41) is 14.4. The highest BCUT2D eigenvalue weighted by molar-refractivity contribution is 5.84. The molecule has 0 fully saturated rings. The Morgan fingerprint density at radius 1 is 0.971 bits per heavy atom. The molecule has 4 rings (SSSR count). The quantitative estimate of drug-likeness (QED) is 0.417. The first-order valence-electron chi connectivity index (χ1n) is 11.5. The molecule has 1 aliphatic rings. The third-order valence-electron chi connectivity index (χ3n) is 6.19. The van der Waals surface area contributed by atoms with Gasteiger partial charge in [0.25, 0.3) is 0 Å². The topological polar surface area (TPSA) is 118 Å². The van der Waals surface area contributed by atoms with E-state index in [0.717, 1.165) is 22.3 Å². The molecule has 1 aliphatic carbocycles. The maximum Gasteiger partial charge on any atom is 0.407 e. The normalized spacial score (nSPS) is 13.1. The molecule has 8 heteroatoms. The molecular formula is C27H28N2O6. The first-order chi connectivity index (χ1) is 16.8. The van der Waals surface area contributed by atoms with Crippen molar-refractivity contribution in [1.29, 1.82) is 0 Å². The summed E-state index contributed by atoms with van der Waals surface area (Å²) in [4.78, 5) is 36.0. The minimum atomic E-state index is -1.17. The number of rotatable bonds is 9. The lowest BCUT2D eigenvalue weighted by Gasteiger charge is -2.22. The van der Waals surface area contributed by atoms with Crippen LogP contribution < -0.4 is 10.6 Å². The molecule has 3 aromatic rings. The average molecular weight is 477 g/mol. The Bertz CT molecular complexity index is 1190. The second-order valence-corrected chi connectivity index (χ2v) is 8.87. The van der Waals surface area contributed by atoms with Gasteiger partial charge in [0.2, 0.25) is 11.7 Å². The van der Waals surface area contributed by atoms with Gasteiger partial charge >= 0.3 is 12.1 Å². The maximum atomic E-state index is 12.6. The molecule has 2 aromatic carbocycles. The lowest BCUT2D eigenvalue weighted by Crippen LogP contribution is -2.42. The molecule has 0 saturated carbocycles. The predicted molar refractivity (Wildman–Crippen MR) is 129 cm³/mol. The maximum absolute atomic E-state index is 12.6. The molecule has 3 N–H and O–H groups in total. The number of alkyl carbamates (subject to hydrolysis) is 1. The monoisotopic (exact) mass is 476 g/mol. The Morgan fingerprint density at radius 2 is 1.60 bits per heavy atom. The van der Waals surface area contributed by atoms with Crippen molar-refractivity contribution in [1.82, 2.24) is 10.6 Å². The van der Waals surface area contributed by atoms with Crippen LogP contribution in [0, 0.1) is 5.92 Å². The van der Waals surface area contributed by atoms with Gasteiger partial charge in [-0.15, -0.1) is 0 Å². The number of carbonyl (C=O) groups excluding carboxylic acids is 2. The van der Waals surface area contributed by atoms with Gasteiger partial charge in [-0.25, -0.2) is 9.59 Å². The van der Waals surface area contributed by atoms with Crippen LogP contribution in [0.2, 0.25) is 0 Å². The van der Waals surface area contributed by atoms with E-state index in [1.807, 2.05) is 38.1 Å². The lowest BCUT2D eigenvalue weighted by atomic mass is 9.98. The van der Waals surface area contributed by atoms with Gasteiger partial charge in [0.15, 0.2) is 0 Å². The molecule has 0 radical (unpaired) electrons. The van der Waals surface area contributed by atoms with Gasteiger partial charge in [-0.3, -0.25) is 4.79 Å². The number of hydrogen-bond acceptors (Lipinski definition) is 5. The molecule has 1 atom stereocenters. The molecule has 0 aliphatic heterocycles. The zero-order valence-corrected chi connectivity index (χ0v) is 19.6. The molecule has 0 spiro atoms. The molecule has 8 nitrogen and oxygen atoms in total. The van der Waals surface area contributed by atoms with Crippen molar-refractivity contribution >= 4 is 18.0 Å². The van der Waals surface area contributed by atoms with E-state index in [-0.39, 0.29) is 43.1 Å². The number of aromatic carboxylic acids is 1. The fourth-order valence-electron chi connectivity index (χ4n) is 4.29. The van der Waals surface area contributed by atoms with E-state index in [0.29, 0.717) is 5.76 Å². The van der Waals surface area contributed by atoms with Gasteiger partial charge < -0.3 is 24.9 Å². The highest BCUT2D eigenvalue weighted by Gasteiger charge is 2.29. The summed E-state index contributed by atoms with van der Waals surface area (Å²) in [6.45, 7) is 4.07. The van der Waals surface area contributed by atoms with Crippen LogP contribution in [0.15, 0.2) is 65.1 Å². The molecule has 1 heterocycles. The number of nitrogens with one attached hydrogen (secondary N) is 2. The minimum absolute atomic E-state index is 0.0107. The van der Waals surface area contributed by atoms with Crippen molar-refractivity contribution < 1.29 is 28.6 Å². The second kappa shape index (κ2) is 10.5. The van der Waals surface area contributed by atoms with E-state index in [9.17, 15) is 14.4 Å². The Balaban J connectivity index is 1.31. The van der Waals surface area contributed by atoms with Crippen LogP contribution in [0.4, 0.5) is 4.79 Å². The van der Waals surface area contributed by atoms with Crippen molar-refractivity contribution in [3.05, 3.63) is 83.3 Å². The number of carbonyl (C=O) groups is 3. The Kier molecular flexibility index (Phi) is 7.19. The minimum Gasteiger partial charge on any atom is -0.475 e. The third kappa shape index (κ3) is 5.54. The summed E-state index contributed by atoms with van der Waals surface area (Å²) in [7, 11) is 0. The average Bonchev–Trinajstić information content (AvgIpc) is 3.44. The molecule has 182 valence electrons. The van der Waals surface area contributed by atoms with Gasteiger partial charge in [0.05, 0.1) is 6.54 Å². The van der Waals surface area contributed by atoms with Gasteiger partial charge in [-0.05, 0) is 40.3 Å². The zero-order valence-electron chi connectivity index (χ0n) is 19.6. The van der Waals surface area contributed by atoms with E-state index in [1.165, 1.54) is 12.1 Å². The van der Waals surface area contributed by atoms with E-state index in [2.05, 4.69) is 34.9 Å². The van der Waals surface area contributed by atoms with Crippen LogP contribution in [0.5, 0.6) is 0 Å². The van der Waals surface area contributed by atoms with E-state index in [4.69, 9.17) is 14.3 Å². The molecular weight excluding hydrogens is 448 g/mol. The fraction of sp³-hybridized carbons (Fsp3) is 0.296. The summed E-state index contributed by atoms with van der Waals surface area (Å²) >= 11 is 0. The van der Waals surface area contributed by atoms with E-state index >= 15 is 0 Å². The summed E-state index contributed by atoms with van der Waals surface area (Å²) in [6.07, 6.45) is -0.524. The summed E-state index contributed by atoms with van der Waals surface area (Å²) in [5.41, 5.74) is 4.57. The molecule has 0 bridgehead atoms. The van der Waals surface area contributed by atoms with E-state index < -0.39 is 18.1 Å². The SMILES string of the molecule is CC(C)[C@@H](CC(=O)NCc1ccc(C(=O)O)o1)NC(=O)OCC1c2ccccc2-c2ccccc21. The van der Waals surface area contributed by atoms with Gasteiger partial charge in [0.1, 0.15) is 12.4 Å². The molecule has 2 amide bonds. The van der Waals surface area contributed by atoms with Crippen LogP contribution in [-0.2, 0) is 16.1 Å². The van der Waals surface area contributed by atoms with Crippen molar-refractivity contribution in [3.63, 3.8) is 0 Å². The molecule has 0 unspecified atom stereocenters. The summed E-state index contributed by atoms with van der Waals surface area (Å²) in [6, 6.07) is 18.6. The second-order valence-electron chi connectivity index (χ2n) is 8.87. The Morgan fingerprint density at radius 3 is 2.17 bits per heavy atom. The number of ether oxygens (including phenoxy) is 1. The van der Waals surface area contributed by atoms with Crippen LogP contribution >= 0.6 is 0 Å². The Hall–Kier alpha value is -4.07. The largest absolute Gasteiger partial charge is 0.475 e. The smallest absolute Gasteiger partial charge is 0.407 e. The number of fused-ring (bicyclic) bond motifs is 3. The van der Waals surface area contributed by atoms with Crippen LogP contribution in [0.3, 0.4) is 0 Å². The van der Waals surface area contributed by atoms with Crippen LogP contribution in [0.25, 0.3) is 11.1 Å². The van der Waals surface area contributed by atoms with E-state index in [1.54, 1.807) is 0 Å². The van der Waals surface area contributed by atoms with Crippen molar-refractivity contribution in [3.8, 4) is 11.1 Å². The fourth-order valence-corrected chi connectivity index (χ4v) is 4.29. The Labute approximate surface area is 203 Å². The molecule has 1 aromatic heterocycles. The number of carboxylic acids is 1. The lowest BCUT2D eigenvalue weighted by molar-refractivity contribution is -0.122. The van der Waals surface area contributed by atoms with Gasteiger partial charge in [0, 0.05) is 18.4 Å². The van der Waals surface area contributed by atoms with Crippen molar-refractivity contribution in [2.45, 2.75) is 38.8 Å². The standard InChI is InChI=1S/C27H28N2O6/c1-16(2)23(13-25(30)28-14-17-11-12-24(35-17)26(31)32)29-27(33)34-15-22-20-9-5-3-7-18(20)19-8-4-6-10-21(19)22/h3-12,16,22-23H,13-15H2,1-2H3,(H,28,30)(H,29,33)(H,31,32)/t23-/m1/s1.